The summed E-state index contributed by atoms with van der Waals surface area (Å²) >= 11 is 5.74. The van der Waals surface area contributed by atoms with Gasteiger partial charge in [-0.05, 0) is 24.3 Å². The van der Waals surface area contributed by atoms with Gasteiger partial charge >= 0.3 is 0 Å². The fourth-order valence-electron chi connectivity index (χ4n) is 1.36. The molecule has 5 nitrogen and oxygen atoms in total. The molecule has 1 amide bonds. The molecule has 0 aliphatic carbocycles. The maximum atomic E-state index is 11.6. The van der Waals surface area contributed by atoms with Gasteiger partial charge in [0, 0.05) is 18.0 Å². The summed E-state index contributed by atoms with van der Waals surface area (Å²) in [6, 6.07) is 8.13. The van der Waals surface area contributed by atoms with Crippen molar-refractivity contribution in [3.05, 3.63) is 58.9 Å². The molecule has 0 aliphatic heterocycles. The number of aromatic hydroxyl groups is 1. The number of hydrogen-bond donors (Lipinski definition) is 2. The molecular weight excluding hydrogens is 266 g/mol. The maximum Gasteiger partial charge on any atom is 0.272 e. The molecule has 1 heterocycles. The van der Waals surface area contributed by atoms with Gasteiger partial charge in [0.25, 0.3) is 5.91 Å². The van der Waals surface area contributed by atoms with Gasteiger partial charge in [-0.1, -0.05) is 17.7 Å². The molecule has 2 N–H and O–H groups in total. The van der Waals surface area contributed by atoms with Gasteiger partial charge in [-0.25, -0.2) is 5.43 Å². The zero-order valence-electron chi connectivity index (χ0n) is 9.75. The monoisotopic (exact) mass is 275 g/mol. The van der Waals surface area contributed by atoms with E-state index in [-0.39, 0.29) is 16.7 Å². The van der Waals surface area contributed by atoms with Gasteiger partial charge in [0.15, 0.2) is 0 Å². The van der Waals surface area contributed by atoms with Crippen LogP contribution in [0.25, 0.3) is 0 Å². The van der Waals surface area contributed by atoms with E-state index < -0.39 is 0 Å². The molecule has 0 bridgehead atoms. The molecule has 1 aromatic carbocycles. The first kappa shape index (κ1) is 13.0. The van der Waals surface area contributed by atoms with Gasteiger partial charge in [0.2, 0.25) is 0 Å². The number of pyridine rings is 1. The van der Waals surface area contributed by atoms with Crippen molar-refractivity contribution in [3.63, 3.8) is 0 Å². The zero-order valence-corrected chi connectivity index (χ0v) is 10.5. The van der Waals surface area contributed by atoms with Crippen LogP contribution in [0.5, 0.6) is 5.75 Å². The summed E-state index contributed by atoms with van der Waals surface area (Å²) in [6.45, 7) is 0. The molecule has 0 fully saturated rings. The van der Waals surface area contributed by atoms with E-state index in [9.17, 15) is 9.90 Å². The summed E-state index contributed by atoms with van der Waals surface area (Å²) in [5.74, 6) is -0.464. The number of benzene rings is 1. The second-order valence-electron chi connectivity index (χ2n) is 3.62. The molecule has 0 atom stereocenters. The number of nitrogens with one attached hydrogen (secondary N) is 1. The minimum atomic E-state index is -0.383. The lowest BCUT2D eigenvalue weighted by atomic mass is 10.2. The van der Waals surface area contributed by atoms with Crippen molar-refractivity contribution in [1.29, 1.82) is 0 Å². The van der Waals surface area contributed by atoms with Crippen LogP contribution in [0.1, 0.15) is 15.9 Å². The third kappa shape index (κ3) is 3.29. The highest BCUT2D eigenvalue weighted by Crippen LogP contribution is 2.25. The van der Waals surface area contributed by atoms with Crippen LogP contribution in [-0.2, 0) is 0 Å². The highest BCUT2D eigenvalue weighted by molar-refractivity contribution is 6.32. The molecule has 0 saturated heterocycles. The summed E-state index contributed by atoms with van der Waals surface area (Å²) in [4.78, 5) is 15.5. The number of halogens is 1. The Morgan fingerprint density at radius 3 is 2.95 bits per heavy atom. The number of para-hydroxylation sites is 1. The van der Waals surface area contributed by atoms with Crippen molar-refractivity contribution in [2.75, 3.05) is 0 Å². The lowest BCUT2D eigenvalue weighted by molar-refractivity contribution is 0.0954. The fraction of sp³-hybridized carbons (Fsp3) is 0. The summed E-state index contributed by atoms with van der Waals surface area (Å²) in [5, 5.41) is 13.6. The van der Waals surface area contributed by atoms with Crippen molar-refractivity contribution in [2.45, 2.75) is 0 Å². The molecule has 6 heteroatoms. The van der Waals surface area contributed by atoms with Crippen LogP contribution in [-0.4, -0.2) is 22.2 Å². The average molecular weight is 276 g/mol. The van der Waals surface area contributed by atoms with Gasteiger partial charge in [-0.3, -0.25) is 9.78 Å². The molecule has 0 saturated carbocycles. The van der Waals surface area contributed by atoms with E-state index in [1.165, 1.54) is 12.4 Å². The van der Waals surface area contributed by atoms with E-state index in [1.807, 2.05) is 0 Å². The minimum absolute atomic E-state index is 0.0801. The second-order valence-corrected chi connectivity index (χ2v) is 4.03. The Labute approximate surface area is 114 Å². The number of amides is 1. The van der Waals surface area contributed by atoms with E-state index in [2.05, 4.69) is 15.5 Å². The summed E-state index contributed by atoms with van der Waals surface area (Å²) in [7, 11) is 0. The highest BCUT2D eigenvalue weighted by atomic mass is 35.5. The van der Waals surface area contributed by atoms with Crippen LogP contribution < -0.4 is 5.43 Å². The number of rotatable bonds is 3. The Bertz CT molecular complexity index is 615. The number of hydrogen-bond acceptors (Lipinski definition) is 4. The second kappa shape index (κ2) is 5.97. The Morgan fingerprint density at radius 1 is 1.37 bits per heavy atom. The Hall–Kier alpha value is -2.40. The largest absolute Gasteiger partial charge is 0.506 e. The average Bonchev–Trinajstić information content (AvgIpc) is 2.44. The molecule has 19 heavy (non-hydrogen) atoms. The summed E-state index contributed by atoms with van der Waals surface area (Å²) < 4.78 is 0. The maximum absolute atomic E-state index is 11.6. The molecule has 0 spiro atoms. The molecule has 0 unspecified atom stereocenters. The van der Waals surface area contributed by atoms with Crippen LogP contribution in [0.15, 0.2) is 47.8 Å². The Balaban J connectivity index is 2.05. The van der Waals surface area contributed by atoms with E-state index in [1.54, 1.807) is 36.5 Å². The quantitative estimate of drug-likeness (QED) is 0.666. The van der Waals surface area contributed by atoms with Crippen molar-refractivity contribution in [3.8, 4) is 5.75 Å². The number of carbonyl (C=O) groups is 1. The summed E-state index contributed by atoms with van der Waals surface area (Å²) in [5.41, 5.74) is 3.14. The molecule has 0 aliphatic rings. The van der Waals surface area contributed by atoms with Gasteiger partial charge in [0.1, 0.15) is 5.75 Å². The van der Waals surface area contributed by atoms with E-state index in [0.717, 1.165) is 0 Å². The number of aromatic nitrogens is 1. The first-order valence-electron chi connectivity index (χ1n) is 5.39. The number of phenolic OH excluding ortho intramolecular Hbond substituents is 1. The van der Waals surface area contributed by atoms with Crippen molar-refractivity contribution < 1.29 is 9.90 Å². The van der Waals surface area contributed by atoms with E-state index in [4.69, 9.17) is 11.6 Å². The predicted molar refractivity (Wildman–Crippen MR) is 72.4 cm³/mol. The van der Waals surface area contributed by atoms with Gasteiger partial charge < -0.3 is 5.11 Å². The van der Waals surface area contributed by atoms with Crippen molar-refractivity contribution >= 4 is 23.7 Å². The molecule has 96 valence electrons. The Kier molecular flexibility index (Phi) is 4.10. The molecule has 2 aromatic rings. The summed E-state index contributed by atoms with van der Waals surface area (Å²) in [6.07, 6.45) is 4.32. The normalized spacial score (nSPS) is 10.6. The first-order chi connectivity index (χ1) is 9.18. The molecule has 1 aromatic heterocycles. The van der Waals surface area contributed by atoms with E-state index in [0.29, 0.717) is 11.1 Å². The van der Waals surface area contributed by atoms with Crippen LogP contribution in [0.4, 0.5) is 0 Å². The lowest BCUT2D eigenvalue weighted by Crippen LogP contribution is -2.17. The third-order valence-electron chi connectivity index (χ3n) is 2.31. The van der Waals surface area contributed by atoms with Gasteiger partial charge in [-0.2, -0.15) is 5.10 Å². The lowest BCUT2D eigenvalue weighted by Gasteiger charge is -2.01. The number of phenols is 1. The first-order valence-corrected chi connectivity index (χ1v) is 5.77. The smallest absolute Gasteiger partial charge is 0.272 e. The minimum Gasteiger partial charge on any atom is -0.506 e. The number of nitrogens with zero attached hydrogens (tertiary/aromatic N) is 2. The molecule has 0 radical (unpaired) electrons. The van der Waals surface area contributed by atoms with Gasteiger partial charge in [0.05, 0.1) is 16.8 Å². The van der Waals surface area contributed by atoms with Crippen molar-refractivity contribution in [1.82, 2.24) is 10.4 Å². The zero-order chi connectivity index (χ0) is 13.7. The number of hydrazone groups is 1. The predicted octanol–water partition coefficient (Wildman–Crippen LogP) is 2.20. The molecular formula is C13H10ClN3O2. The standard InChI is InChI=1S/C13H10ClN3O2/c14-11-5-1-3-9(12(11)18)8-16-17-13(19)10-4-2-6-15-7-10/h1-8,18H,(H,17,19)/b16-8+. The van der Waals surface area contributed by atoms with Crippen LogP contribution in [0, 0.1) is 0 Å². The number of carbonyl (C=O) groups excluding carboxylic acids is 1. The molecule has 2 rings (SSSR count). The van der Waals surface area contributed by atoms with Gasteiger partial charge in [-0.15, -0.1) is 0 Å². The Morgan fingerprint density at radius 2 is 2.21 bits per heavy atom. The SMILES string of the molecule is O=C(N/N=C/c1cccc(Cl)c1O)c1cccnc1. The van der Waals surface area contributed by atoms with Crippen molar-refractivity contribution in [2.24, 2.45) is 5.10 Å². The van der Waals surface area contributed by atoms with Crippen LogP contribution in [0.3, 0.4) is 0 Å². The fourth-order valence-corrected chi connectivity index (χ4v) is 1.54. The third-order valence-corrected chi connectivity index (χ3v) is 2.62. The van der Waals surface area contributed by atoms with Crippen LogP contribution in [0.2, 0.25) is 5.02 Å². The van der Waals surface area contributed by atoms with E-state index >= 15 is 0 Å². The van der Waals surface area contributed by atoms with Crippen LogP contribution >= 0.6 is 11.6 Å². The topological polar surface area (TPSA) is 74.6 Å². The highest BCUT2D eigenvalue weighted by Gasteiger charge is 2.04.